The third kappa shape index (κ3) is 8.74. The number of nitrogens with zero attached hydrogens (tertiary/aromatic N) is 5. The average Bonchev–Trinajstić information content (AvgIpc) is 3.49. The molecule has 15 nitrogen and oxygen atoms in total. The lowest BCUT2D eigenvalue weighted by Crippen LogP contribution is -2.57. The van der Waals surface area contributed by atoms with Crippen LogP contribution in [0.25, 0.3) is 22.2 Å². The molecule has 2 aromatic carbocycles. The van der Waals surface area contributed by atoms with Crippen molar-refractivity contribution >= 4 is 44.6 Å². The van der Waals surface area contributed by atoms with E-state index in [9.17, 15) is 27.6 Å². The van der Waals surface area contributed by atoms with E-state index in [-0.39, 0.29) is 42.6 Å². The number of hydrogen-bond donors (Lipinski definition) is 2. The number of pyridine rings is 1. The molecule has 4 heterocycles. The number of hydrogen-bond acceptors (Lipinski definition) is 10. The summed E-state index contributed by atoms with van der Waals surface area (Å²) in [6, 6.07) is 15.8. The van der Waals surface area contributed by atoms with Gasteiger partial charge in [0.05, 0.1) is 37.1 Å². The van der Waals surface area contributed by atoms with Gasteiger partial charge < -0.3 is 29.2 Å². The van der Waals surface area contributed by atoms with Gasteiger partial charge in [0.1, 0.15) is 29.2 Å². The van der Waals surface area contributed by atoms with Gasteiger partial charge in [0.2, 0.25) is 17.7 Å². The van der Waals surface area contributed by atoms with Gasteiger partial charge in [-0.25, -0.2) is 14.7 Å². The molecule has 60 heavy (non-hydrogen) atoms. The van der Waals surface area contributed by atoms with Crippen LogP contribution in [0.3, 0.4) is 0 Å². The highest BCUT2D eigenvalue weighted by atomic mass is 32.2. The molecule has 2 N–H and O–H groups in total. The molecule has 3 fully saturated rings. The average molecular weight is 840 g/mol. The Balaban J connectivity index is 1.22. The number of nitrogens with one attached hydrogen (secondary N) is 2. The predicted molar refractivity (Wildman–Crippen MR) is 224 cm³/mol. The number of imidazole rings is 1. The van der Waals surface area contributed by atoms with Gasteiger partial charge in [0.25, 0.3) is 15.9 Å². The number of piperidine rings is 1. The minimum Gasteiger partial charge on any atom is -0.497 e. The molecule has 3 aliphatic rings. The van der Waals surface area contributed by atoms with Crippen LogP contribution in [0.1, 0.15) is 59.3 Å². The number of fused-ring (bicyclic) bond motifs is 1. The van der Waals surface area contributed by atoms with Crippen molar-refractivity contribution in [3.8, 4) is 22.8 Å². The maximum absolute atomic E-state index is 14.9. The maximum Gasteiger partial charge on any atom is 0.283 e. The van der Waals surface area contributed by atoms with Crippen molar-refractivity contribution in [1.82, 2.24) is 34.4 Å². The minimum absolute atomic E-state index is 0.000184. The lowest BCUT2D eigenvalue weighted by atomic mass is 9.77. The number of sulfonamides is 1. The van der Waals surface area contributed by atoms with E-state index < -0.39 is 56.8 Å². The third-order valence-electron chi connectivity index (χ3n) is 11.9. The van der Waals surface area contributed by atoms with E-state index in [1.807, 2.05) is 74.2 Å². The summed E-state index contributed by atoms with van der Waals surface area (Å²) in [5.74, 6) is -2.38. The third-order valence-corrected chi connectivity index (χ3v) is 13.1. The molecule has 2 saturated heterocycles. The highest BCUT2D eigenvalue weighted by molar-refractivity contribution is 7.90. The zero-order chi connectivity index (χ0) is 43.0. The van der Waals surface area contributed by atoms with Crippen LogP contribution < -0.4 is 19.5 Å². The summed E-state index contributed by atoms with van der Waals surface area (Å²) in [6.07, 6.45) is 6.29. The maximum atomic E-state index is 14.9. The standard InChI is InChI=1S/C44H53N7O8S/c1-7-29-24-44(29,42(55)48-60(56,57)38-26-49(5)27-45-38)47-40(53)36-21-31(25-51(36)41(54)33(43(2,3)4)22-39(52)50-18-12-9-13-19-50)59-37-23-34(28-14-10-8-11-15-28)46-35-20-30(58-6)16-17-32(35)37/h7-8,10-11,14-17,20,23,26-27,29,31,33,36H,1,9,12-13,18-19,21-22,24-25H2,2-6H3,(H,47,53)(H,48,55)/t29-,31+,33+,36-,44+/m0/s1. The molecule has 1 saturated carbocycles. The lowest BCUT2D eigenvalue weighted by molar-refractivity contribution is -0.148. The number of ether oxygens (including phenoxy) is 2. The van der Waals surface area contributed by atoms with Crippen LogP contribution in [0.5, 0.6) is 11.5 Å². The number of carbonyl (C=O) groups excluding carboxylic acids is 4. The quantitative estimate of drug-likeness (QED) is 0.180. The first kappa shape index (κ1) is 42.4. The van der Waals surface area contributed by atoms with Crippen molar-refractivity contribution in [2.45, 2.75) is 82.0 Å². The van der Waals surface area contributed by atoms with Crippen LogP contribution in [-0.4, -0.2) is 101 Å². The Kier molecular flexibility index (Phi) is 11.8. The van der Waals surface area contributed by atoms with E-state index in [1.165, 1.54) is 28.1 Å². The smallest absolute Gasteiger partial charge is 0.283 e. The molecule has 1 aliphatic carbocycles. The van der Waals surface area contributed by atoms with Gasteiger partial charge in [-0.1, -0.05) is 57.2 Å². The Hall–Kier alpha value is -5.77. The number of aryl methyl sites for hydroxylation is 1. The molecule has 16 heteroatoms. The van der Waals surface area contributed by atoms with Crippen LogP contribution in [0.15, 0.2) is 84.8 Å². The molecule has 0 unspecified atom stereocenters. The van der Waals surface area contributed by atoms with Gasteiger partial charge in [0.15, 0.2) is 5.03 Å². The van der Waals surface area contributed by atoms with E-state index >= 15 is 0 Å². The largest absolute Gasteiger partial charge is 0.497 e. The van der Waals surface area contributed by atoms with Crippen LogP contribution in [-0.2, 0) is 36.2 Å². The second-order valence-electron chi connectivity index (χ2n) is 17.1. The summed E-state index contributed by atoms with van der Waals surface area (Å²) in [5, 5.41) is 3.18. The van der Waals surface area contributed by atoms with Crippen molar-refractivity contribution < 1.29 is 37.1 Å². The SMILES string of the molecule is C=C[C@H]1C[C@]1(NC(=O)[C@@H]1C[C@@H](Oc2cc(-c3ccccc3)nc3cc(OC)ccc23)CN1C(=O)[C@@H](CC(=O)N1CCCCC1)C(C)(C)C)C(=O)NS(=O)(=O)c1cn(C)cn1. The number of rotatable bonds is 13. The van der Waals surface area contributed by atoms with Crippen molar-refractivity contribution in [2.75, 3.05) is 26.7 Å². The molecule has 0 spiro atoms. The Morgan fingerprint density at radius 2 is 1.78 bits per heavy atom. The van der Waals surface area contributed by atoms with Gasteiger partial charge in [0, 0.05) is 68.2 Å². The number of amides is 4. The number of aromatic nitrogens is 3. The van der Waals surface area contributed by atoms with Crippen molar-refractivity contribution in [3.63, 3.8) is 0 Å². The molecule has 5 atom stereocenters. The summed E-state index contributed by atoms with van der Waals surface area (Å²) < 4.78 is 42.2. The fourth-order valence-corrected chi connectivity index (χ4v) is 9.28. The molecule has 7 rings (SSSR count). The zero-order valence-electron chi connectivity index (χ0n) is 34.7. The van der Waals surface area contributed by atoms with Crippen molar-refractivity contribution in [2.24, 2.45) is 24.3 Å². The molecule has 4 amide bonds. The van der Waals surface area contributed by atoms with E-state index in [1.54, 1.807) is 20.2 Å². The fraction of sp³-hybridized carbons (Fsp3) is 0.455. The van der Waals surface area contributed by atoms with Crippen molar-refractivity contribution in [1.29, 1.82) is 0 Å². The molecular formula is C44H53N7O8S. The first-order valence-corrected chi connectivity index (χ1v) is 21.8. The van der Waals surface area contributed by atoms with Gasteiger partial charge in [-0.3, -0.25) is 19.2 Å². The number of carbonyl (C=O) groups is 4. The van der Waals surface area contributed by atoms with E-state index in [4.69, 9.17) is 14.5 Å². The van der Waals surface area contributed by atoms with Gasteiger partial charge >= 0.3 is 0 Å². The predicted octanol–water partition coefficient (Wildman–Crippen LogP) is 4.62. The van der Waals surface area contributed by atoms with Crippen LogP contribution >= 0.6 is 0 Å². The highest BCUT2D eigenvalue weighted by Gasteiger charge is 2.61. The summed E-state index contributed by atoms with van der Waals surface area (Å²) in [5.41, 5.74) is -0.193. The summed E-state index contributed by atoms with van der Waals surface area (Å²) in [6.45, 7) is 10.8. The summed E-state index contributed by atoms with van der Waals surface area (Å²) >= 11 is 0. The van der Waals surface area contributed by atoms with E-state index in [2.05, 4.69) is 21.6 Å². The second kappa shape index (κ2) is 16.7. The van der Waals surface area contributed by atoms with Crippen LogP contribution in [0.4, 0.5) is 0 Å². The number of methoxy groups -OCH3 is 1. The molecule has 2 aliphatic heterocycles. The molecule has 4 aromatic rings. The van der Waals surface area contributed by atoms with E-state index in [0.717, 1.165) is 24.8 Å². The first-order chi connectivity index (χ1) is 28.5. The van der Waals surface area contributed by atoms with Crippen LogP contribution in [0.2, 0.25) is 0 Å². The monoisotopic (exact) mass is 839 g/mol. The van der Waals surface area contributed by atoms with Crippen molar-refractivity contribution in [3.05, 3.63) is 79.8 Å². The second-order valence-corrected chi connectivity index (χ2v) is 18.7. The molecule has 0 radical (unpaired) electrons. The van der Waals surface area contributed by atoms with Gasteiger partial charge in [-0.2, -0.15) is 8.42 Å². The highest BCUT2D eigenvalue weighted by Crippen LogP contribution is 2.45. The van der Waals surface area contributed by atoms with Gasteiger partial charge in [-0.15, -0.1) is 6.58 Å². The summed E-state index contributed by atoms with van der Waals surface area (Å²) in [7, 11) is -1.21. The van der Waals surface area contributed by atoms with Crippen LogP contribution in [0, 0.1) is 17.3 Å². The Morgan fingerprint density at radius 3 is 2.42 bits per heavy atom. The summed E-state index contributed by atoms with van der Waals surface area (Å²) in [4.78, 5) is 69.2. The van der Waals surface area contributed by atoms with Gasteiger partial charge in [-0.05, 0) is 43.2 Å². The first-order valence-electron chi connectivity index (χ1n) is 20.3. The normalized spacial score (nSPS) is 22.2. The lowest BCUT2D eigenvalue weighted by Gasteiger charge is -2.36. The Bertz CT molecular complexity index is 2410. The zero-order valence-corrected chi connectivity index (χ0v) is 35.5. The molecule has 0 bridgehead atoms. The Labute approximate surface area is 350 Å². The fourth-order valence-electron chi connectivity index (χ4n) is 8.25. The topological polar surface area (TPSA) is 182 Å². The van der Waals surface area contributed by atoms with E-state index in [0.29, 0.717) is 41.2 Å². The molecule has 2 aromatic heterocycles. The number of likely N-dealkylation sites (tertiary alicyclic amines) is 2. The Morgan fingerprint density at radius 1 is 1.05 bits per heavy atom. The molecular weight excluding hydrogens is 787 g/mol. The minimum atomic E-state index is -4.38. The molecule has 318 valence electrons. The number of benzene rings is 2.